The second kappa shape index (κ2) is 3.58. The summed E-state index contributed by atoms with van der Waals surface area (Å²) in [5.41, 5.74) is 2.04. The van der Waals surface area contributed by atoms with Crippen LogP contribution in [0.5, 0.6) is 0 Å². The summed E-state index contributed by atoms with van der Waals surface area (Å²) in [5, 5.41) is 3.32. The van der Waals surface area contributed by atoms with Crippen molar-refractivity contribution in [1.82, 2.24) is 5.32 Å². The molecule has 0 saturated carbocycles. The van der Waals surface area contributed by atoms with Crippen LogP contribution in [0.3, 0.4) is 0 Å². The van der Waals surface area contributed by atoms with E-state index in [0.717, 1.165) is 30.8 Å². The van der Waals surface area contributed by atoms with Crippen molar-refractivity contribution in [1.29, 1.82) is 0 Å². The molecule has 1 aliphatic rings. The van der Waals surface area contributed by atoms with Crippen LogP contribution in [-0.2, 0) is 0 Å². The first-order valence-corrected chi connectivity index (χ1v) is 5.00. The zero-order chi connectivity index (χ0) is 10.1. The Morgan fingerprint density at radius 1 is 1.50 bits per heavy atom. The molecule has 2 rings (SSSR count). The van der Waals surface area contributed by atoms with E-state index in [2.05, 4.69) is 5.32 Å². The molecule has 0 spiro atoms. The molecule has 76 valence electrons. The van der Waals surface area contributed by atoms with Crippen LogP contribution in [0.1, 0.15) is 29.2 Å². The van der Waals surface area contributed by atoms with Gasteiger partial charge in [0.1, 0.15) is 5.76 Å². The average molecular weight is 193 g/mol. The Kier molecular flexibility index (Phi) is 2.42. The summed E-state index contributed by atoms with van der Waals surface area (Å²) in [6, 6.07) is 1.58. The van der Waals surface area contributed by atoms with E-state index in [1.165, 1.54) is 5.56 Å². The van der Waals surface area contributed by atoms with Crippen molar-refractivity contribution in [3.8, 4) is 0 Å². The maximum absolute atomic E-state index is 11.1. The van der Waals surface area contributed by atoms with E-state index < -0.39 is 0 Å². The van der Waals surface area contributed by atoms with Crippen molar-refractivity contribution in [3.05, 3.63) is 33.4 Å². The van der Waals surface area contributed by atoms with E-state index in [1.54, 1.807) is 6.07 Å². The Morgan fingerprint density at radius 2 is 2.29 bits per heavy atom. The minimum atomic E-state index is -0.241. The van der Waals surface area contributed by atoms with Crippen LogP contribution >= 0.6 is 0 Å². The maximum atomic E-state index is 11.1. The van der Waals surface area contributed by atoms with Gasteiger partial charge in [-0.2, -0.15) is 0 Å². The highest BCUT2D eigenvalue weighted by Gasteiger charge is 2.21. The van der Waals surface area contributed by atoms with Crippen LogP contribution in [0.2, 0.25) is 0 Å². The molecule has 1 aromatic rings. The summed E-state index contributed by atoms with van der Waals surface area (Å²) in [4.78, 5) is 11.1. The predicted molar refractivity (Wildman–Crippen MR) is 54.7 cm³/mol. The van der Waals surface area contributed by atoms with Gasteiger partial charge >= 0.3 is 5.63 Å². The Morgan fingerprint density at radius 3 is 2.86 bits per heavy atom. The van der Waals surface area contributed by atoms with Gasteiger partial charge in [-0.25, -0.2) is 4.79 Å². The summed E-state index contributed by atoms with van der Waals surface area (Å²) in [5.74, 6) is 1.29. The minimum Gasteiger partial charge on any atom is -0.428 e. The third kappa shape index (κ3) is 1.60. The first kappa shape index (κ1) is 9.46. The van der Waals surface area contributed by atoms with Gasteiger partial charge in [-0.05, 0) is 37.9 Å². The number of hydrogen-bond acceptors (Lipinski definition) is 3. The van der Waals surface area contributed by atoms with Crippen molar-refractivity contribution < 1.29 is 4.42 Å². The van der Waals surface area contributed by atoms with Crippen molar-refractivity contribution in [2.75, 3.05) is 13.1 Å². The number of rotatable bonds is 1. The fourth-order valence-corrected chi connectivity index (χ4v) is 2.28. The predicted octanol–water partition coefficient (Wildman–Crippen LogP) is 1.33. The van der Waals surface area contributed by atoms with E-state index >= 15 is 0 Å². The Hall–Kier alpha value is -1.09. The van der Waals surface area contributed by atoms with Gasteiger partial charge in [0.2, 0.25) is 0 Å². The standard InChI is InChI=1S/C11H15NO2/c1-7-5-10(13)14-8(2)11(7)9-3-4-12-6-9/h5,9,12H,3-4,6H2,1-2H3. The zero-order valence-electron chi connectivity index (χ0n) is 8.59. The molecule has 3 nitrogen and oxygen atoms in total. The molecule has 0 bridgehead atoms. The molecule has 2 heterocycles. The Labute approximate surface area is 83.1 Å². The average Bonchev–Trinajstić information content (AvgIpc) is 2.54. The van der Waals surface area contributed by atoms with E-state index in [4.69, 9.17) is 4.42 Å². The second-order valence-electron chi connectivity index (χ2n) is 3.91. The van der Waals surface area contributed by atoms with E-state index in [9.17, 15) is 4.79 Å². The molecule has 3 heteroatoms. The highest BCUT2D eigenvalue weighted by atomic mass is 16.4. The summed E-state index contributed by atoms with van der Waals surface area (Å²) in [7, 11) is 0. The largest absolute Gasteiger partial charge is 0.428 e. The molecular weight excluding hydrogens is 178 g/mol. The van der Waals surface area contributed by atoms with Crippen molar-refractivity contribution >= 4 is 0 Å². The van der Waals surface area contributed by atoms with Gasteiger partial charge in [-0.1, -0.05) is 0 Å². The molecule has 0 aromatic carbocycles. The van der Waals surface area contributed by atoms with Gasteiger partial charge < -0.3 is 9.73 Å². The molecule has 1 aliphatic heterocycles. The molecule has 1 N–H and O–H groups in total. The van der Waals surface area contributed by atoms with Gasteiger partial charge in [0.25, 0.3) is 0 Å². The molecule has 1 fully saturated rings. The van der Waals surface area contributed by atoms with Crippen molar-refractivity contribution in [2.45, 2.75) is 26.2 Å². The van der Waals surface area contributed by atoms with Gasteiger partial charge in [0.15, 0.2) is 0 Å². The molecule has 1 aromatic heterocycles. The lowest BCUT2D eigenvalue weighted by molar-refractivity contribution is 0.464. The zero-order valence-corrected chi connectivity index (χ0v) is 8.59. The van der Waals surface area contributed by atoms with Gasteiger partial charge in [-0.3, -0.25) is 0 Å². The van der Waals surface area contributed by atoms with Gasteiger partial charge in [0, 0.05) is 18.5 Å². The van der Waals surface area contributed by atoms with Crippen LogP contribution in [0.25, 0.3) is 0 Å². The highest BCUT2D eigenvalue weighted by Crippen LogP contribution is 2.27. The summed E-state index contributed by atoms with van der Waals surface area (Å²) in [6.45, 7) is 5.91. The fraction of sp³-hybridized carbons (Fsp3) is 0.545. The molecule has 0 amide bonds. The molecule has 14 heavy (non-hydrogen) atoms. The summed E-state index contributed by atoms with van der Waals surface area (Å²) < 4.78 is 5.12. The van der Waals surface area contributed by atoms with Crippen molar-refractivity contribution in [2.24, 2.45) is 0 Å². The van der Waals surface area contributed by atoms with Crippen LogP contribution in [0.4, 0.5) is 0 Å². The molecule has 0 radical (unpaired) electrons. The fourth-order valence-electron chi connectivity index (χ4n) is 2.28. The first-order chi connectivity index (χ1) is 6.68. The van der Waals surface area contributed by atoms with E-state index in [-0.39, 0.29) is 5.63 Å². The van der Waals surface area contributed by atoms with Crippen LogP contribution in [0, 0.1) is 13.8 Å². The monoisotopic (exact) mass is 193 g/mol. The third-order valence-electron chi connectivity index (χ3n) is 2.86. The van der Waals surface area contributed by atoms with Crippen molar-refractivity contribution in [3.63, 3.8) is 0 Å². The third-order valence-corrected chi connectivity index (χ3v) is 2.86. The molecule has 0 aliphatic carbocycles. The highest BCUT2D eigenvalue weighted by molar-refractivity contribution is 5.31. The van der Waals surface area contributed by atoms with Crippen LogP contribution < -0.4 is 10.9 Å². The Bertz CT molecular complexity index is 363. The summed E-state index contributed by atoms with van der Waals surface area (Å²) >= 11 is 0. The van der Waals surface area contributed by atoms with E-state index in [1.807, 2.05) is 13.8 Å². The molecule has 1 atom stereocenters. The number of nitrogens with one attached hydrogen (secondary N) is 1. The van der Waals surface area contributed by atoms with Crippen LogP contribution in [0.15, 0.2) is 15.3 Å². The molecular formula is C11H15NO2. The normalized spacial score (nSPS) is 21.4. The maximum Gasteiger partial charge on any atom is 0.336 e. The smallest absolute Gasteiger partial charge is 0.336 e. The molecule has 1 saturated heterocycles. The second-order valence-corrected chi connectivity index (χ2v) is 3.91. The first-order valence-electron chi connectivity index (χ1n) is 5.00. The quantitative estimate of drug-likeness (QED) is 0.731. The Balaban J connectivity index is 2.46. The molecule has 1 unspecified atom stereocenters. The van der Waals surface area contributed by atoms with E-state index in [0.29, 0.717) is 5.92 Å². The number of aryl methyl sites for hydroxylation is 2. The minimum absolute atomic E-state index is 0.241. The lowest BCUT2D eigenvalue weighted by atomic mass is 9.94. The van der Waals surface area contributed by atoms with Gasteiger partial charge in [-0.15, -0.1) is 0 Å². The lowest BCUT2D eigenvalue weighted by Gasteiger charge is -2.13. The topological polar surface area (TPSA) is 42.2 Å². The SMILES string of the molecule is Cc1cc(=O)oc(C)c1C1CCNC1. The number of hydrogen-bond donors (Lipinski definition) is 1. The summed E-state index contributed by atoms with van der Waals surface area (Å²) in [6.07, 6.45) is 1.13. The lowest BCUT2D eigenvalue weighted by Crippen LogP contribution is -2.12. The van der Waals surface area contributed by atoms with Gasteiger partial charge in [0.05, 0.1) is 0 Å². The van der Waals surface area contributed by atoms with Crippen LogP contribution in [-0.4, -0.2) is 13.1 Å².